The molecule has 2 aromatic carbocycles. The first-order valence-electron chi connectivity index (χ1n) is 8.72. The van der Waals surface area contributed by atoms with Crippen LogP contribution in [0.3, 0.4) is 0 Å². The van der Waals surface area contributed by atoms with Crippen LogP contribution in [0.1, 0.15) is 36.7 Å². The summed E-state index contributed by atoms with van der Waals surface area (Å²) in [5.41, 5.74) is 1.63. The van der Waals surface area contributed by atoms with Crippen molar-refractivity contribution in [3.63, 3.8) is 0 Å². The SMILES string of the molecule is COc1ccc2c(c1)c(CC(=O)C(C)(C)C)cn2C(=O)c1ccc(Cl)cc1. The van der Waals surface area contributed by atoms with Gasteiger partial charge in [-0.1, -0.05) is 32.4 Å². The molecular formula is C22H22ClNO3. The molecule has 0 saturated carbocycles. The van der Waals surface area contributed by atoms with Gasteiger partial charge >= 0.3 is 0 Å². The van der Waals surface area contributed by atoms with E-state index in [4.69, 9.17) is 16.3 Å². The third-order valence-corrected chi connectivity index (χ3v) is 4.84. The number of fused-ring (bicyclic) bond motifs is 1. The molecule has 0 atom stereocenters. The summed E-state index contributed by atoms with van der Waals surface area (Å²) in [5, 5.41) is 1.42. The van der Waals surface area contributed by atoms with Gasteiger partial charge in [0.2, 0.25) is 0 Å². The Morgan fingerprint density at radius 1 is 1.07 bits per heavy atom. The molecule has 3 rings (SSSR count). The van der Waals surface area contributed by atoms with Crippen LogP contribution in [0.5, 0.6) is 5.75 Å². The van der Waals surface area contributed by atoms with E-state index >= 15 is 0 Å². The number of hydrogen-bond acceptors (Lipinski definition) is 3. The van der Waals surface area contributed by atoms with Crippen LogP contribution in [0.15, 0.2) is 48.7 Å². The van der Waals surface area contributed by atoms with Gasteiger partial charge in [0.05, 0.1) is 12.6 Å². The van der Waals surface area contributed by atoms with Crippen molar-refractivity contribution in [2.24, 2.45) is 5.41 Å². The van der Waals surface area contributed by atoms with Gasteiger partial charge in [-0.25, -0.2) is 0 Å². The summed E-state index contributed by atoms with van der Waals surface area (Å²) >= 11 is 5.93. The molecule has 4 nitrogen and oxygen atoms in total. The lowest BCUT2D eigenvalue weighted by atomic mass is 9.87. The molecule has 1 aromatic heterocycles. The fourth-order valence-electron chi connectivity index (χ4n) is 2.88. The maximum atomic E-state index is 13.0. The lowest BCUT2D eigenvalue weighted by Crippen LogP contribution is -2.22. The van der Waals surface area contributed by atoms with Crippen molar-refractivity contribution in [2.75, 3.05) is 7.11 Å². The largest absolute Gasteiger partial charge is 0.497 e. The van der Waals surface area contributed by atoms with Crippen molar-refractivity contribution < 1.29 is 14.3 Å². The van der Waals surface area contributed by atoms with Crippen molar-refractivity contribution in [2.45, 2.75) is 27.2 Å². The average molecular weight is 384 g/mol. The van der Waals surface area contributed by atoms with Crippen LogP contribution in [0.25, 0.3) is 10.9 Å². The van der Waals surface area contributed by atoms with Gasteiger partial charge in [-0.2, -0.15) is 0 Å². The topological polar surface area (TPSA) is 48.3 Å². The second kappa shape index (κ2) is 7.20. The van der Waals surface area contributed by atoms with E-state index in [1.54, 1.807) is 42.1 Å². The van der Waals surface area contributed by atoms with Crippen LogP contribution in [-0.2, 0) is 11.2 Å². The first kappa shape index (κ1) is 19.2. The van der Waals surface area contributed by atoms with Crippen LogP contribution in [0.4, 0.5) is 0 Å². The van der Waals surface area contributed by atoms with Gasteiger partial charge in [-0.05, 0) is 48.0 Å². The molecule has 0 unspecified atom stereocenters. The first-order chi connectivity index (χ1) is 12.7. The predicted octanol–water partition coefficient (Wildman–Crippen LogP) is 5.15. The van der Waals surface area contributed by atoms with Gasteiger partial charge in [0.25, 0.3) is 5.91 Å². The normalized spacial score (nSPS) is 11.6. The fourth-order valence-corrected chi connectivity index (χ4v) is 3.01. The Labute approximate surface area is 163 Å². The number of halogens is 1. The summed E-state index contributed by atoms with van der Waals surface area (Å²) in [4.78, 5) is 25.6. The number of Topliss-reactive ketones (excluding diaryl/α,β-unsaturated/α-hetero) is 1. The zero-order chi connectivity index (χ0) is 19.8. The second-order valence-corrected chi connectivity index (χ2v) is 8.01. The third kappa shape index (κ3) is 3.91. The number of hydrogen-bond donors (Lipinski definition) is 0. The summed E-state index contributed by atoms with van der Waals surface area (Å²) in [6, 6.07) is 12.3. The fraction of sp³-hybridized carbons (Fsp3) is 0.273. The molecule has 1 heterocycles. The number of rotatable bonds is 4. The molecule has 0 aliphatic rings. The number of carbonyl (C=O) groups excluding carboxylic acids is 2. The predicted molar refractivity (Wildman–Crippen MR) is 108 cm³/mol. The molecule has 0 bridgehead atoms. The molecule has 0 aliphatic carbocycles. The average Bonchev–Trinajstić information content (AvgIpc) is 2.98. The number of carbonyl (C=O) groups is 2. The Morgan fingerprint density at radius 3 is 2.33 bits per heavy atom. The van der Waals surface area contributed by atoms with Gasteiger partial charge in [-0.3, -0.25) is 14.2 Å². The van der Waals surface area contributed by atoms with Crippen molar-refractivity contribution in [3.05, 3.63) is 64.8 Å². The Bertz CT molecular complexity index is 1010. The Balaban J connectivity index is 2.11. The molecular weight excluding hydrogens is 362 g/mol. The van der Waals surface area contributed by atoms with Crippen LogP contribution in [0.2, 0.25) is 5.02 Å². The zero-order valence-electron chi connectivity index (χ0n) is 15.9. The van der Waals surface area contributed by atoms with Gasteiger partial charge in [0.1, 0.15) is 11.5 Å². The van der Waals surface area contributed by atoms with Crippen LogP contribution < -0.4 is 4.74 Å². The van der Waals surface area contributed by atoms with Gasteiger partial charge in [0.15, 0.2) is 0 Å². The zero-order valence-corrected chi connectivity index (χ0v) is 16.6. The van der Waals surface area contributed by atoms with E-state index in [0.29, 0.717) is 16.3 Å². The Kier molecular flexibility index (Phi) is 5.11. The number of methoxy groups -OCH3 is 1. The number of aromatic nitrogens is 1. The van der Waals surface area contributed by atoms with Crippen LogP contribution in [-0.4, -0.2) is 23.4 Å². The van der Waals surface area contributed by atoms with E-state index in [1.807, 2.05) is 39.0 Å². The van der Waals surface area contributed by atoms with Crippen molar-refractivity contribution >= 4 is 34.2 Å². The molecule has 27 heavy (non-hydrogen) atoms. The summed E-state index contributed by atoms with van der Waals surface area (Å²) in [6.45, 7) is 5.69. The van der Waals surface area contributed by atoms with E-state index < -0.39 is 5.41 Å². The molecule has 0 saturated heterocycles. The molecule has 0 radical (unpaired) electrons. The molecule has 5 heteroatoms. The van der Waals surface area contributed by atoms with Crippen molar-refractivity contribution in [1.82, 2.24) is 4.57 Å². The Morgan fingerprint density at radius 2 is 1.74 bits per heavy atom. The highest BCUT2D eigenvalue weighted by molar-refractivity contribution is 6.30. The molecule has 0 fully saturated rings. The minimum atomic E-state index is -0.451. The highest BCUT2D eigenvalue weighted by Crippen LogP contribution is 2.29. The maximum absolute atomic E-state index is 13.0. The minimum Gasteiger partial charge on any atom is -0.497 e. The van der Waals surface area contributed by atoms with E-state index in [0.717, 1.165) is 16.5 Å². The number of benzene rings is 2. The van der Waals surface area contributed by atoms with Crippen molar-refractivity contribution in [3.8, 4) is 5.75 Å². The van der Waals surface area contributed by atoms with Crippen molar-refractivity contribution in [1.29, 1.82) is 0 Å². The quantitative estimate of drug-likeness (QED) is 0.626. The standard InChI is InChI=1S/C22H22ClNO3/c1-22(2,3)20(25)11-15-13-24(19-10-9-17(27-4)12-18(15)19)21(26)14-5-7-16(23)8-6-14/h5-10,12-13H,11H2,1-4H3. The van der Waals surface area contributed by atoms with Crippen LogP contribution in [0, 0.1) is 5.41 Å². The van der Waals surface area contributed by atoms with Crippen LogP contribution >= 0.6 is 11.6 Å². The number of nitrogens with zero attached hydrogens (tertiary/aromatic N) is 1. The number of ether oxygens (including phenoxy) is 1. The summed E-state index contributed by atoms with van der Waals surface area (Å²) in [6.07, 6.45) is 2.01. The molecule has 0 amide bonds. The highest BCUT2D eigenvalue weighted by atomic mass is 35.5. The lowest BCUT2D eigenvalue weighted by molar-refractivity contribution is -0.125. The minimum absolute atomic E-state index is 0.114. The summed E-state index contributed by atoms with van der Waals surface area (Å²) in [5.74, 6) is 0.628. The van der Waals surface area contributed by atoms with E-state index in [1.165, 1.54) is 0 Å². The first-order valence-corrected chi connectivity index (χ1v) is 9.10. The monoisotopic (exact) mass is 383 g/mol. The summed E-state index contributed by atoms with van der Waals surface area (Å²) < 4.78 is 6.91. The molecule has 3 aromatic rings. The molecule has 140 valence electrons. The molecule has 0 N–H and O–H groups in total. The highest BCUT2D eigenvalue weighted by Gasteiger charge is 2.24. The molecule has 0 aliphatic heterocycles. The third-order valence-electron chi connectivity index (χ3n) is 4.59. The van der Waals surface area contributed by atoms with E-state index in [2.05, 4.69) is 0 Å². The second-order valence-electron chi connectivity index (χ2n) is 7.57. The van der Waals surface area contributed by atoms with Gasteiger partial charge < -0.3 is 4.74 Å². The number of ketones is 1. The maximum Gasteiger partial charge on any atom is 0.262 e. The molecule has 0 spiro atoms. The smallest absolute Gasteiger partial charge is 0.262 e. The summed E-state index contributed by atoms with van der Waals surface area (Å²) in [7, 11) is 1.59. The van der Waals surface area contributed by atoms with E-state index in [9.17, 15) is 9.59 Å². The van der Waals surface area contributed by atoms with Gasteiger partial charge in [-0.15, -0.1) is 0 Å². The van der Waals surface area contributed by atoms with Gasteiger partial charge in [0, 0.05) is 34.0 Å². The lowest BCUT2D eigenvalue weighted by Gasteiger charge is -2.16. The Hall–Kier alpha value is -2.59. The van der Waals surface area contributed by atoms with E-state index in [-0.39, 0.29) is 18.1 Å².